The Kier molecular flexibility index (Phi) is 10.2. The van der Waals surface area contributed by atoms with Gasteiger partial charge in [-0.15, -0.1) is 0 Å². The number of nitrogens with zero attached hydrogens (tertiary/aromatic N) is 4. The fourth-order valence-electron chi connectivity index (χ4n) is 3.88. The molecular formula is C24H32N5O8P. The Balaban J connectivity index is 1.89. The van der Waals surface area contributed by atoms with Gasteiger partial charge >= 0.3 is 13.7 Å². The van der Waals surface area contributed by atoms with Crippen molar-refractivity contribution in [3.05, 3.63) is 42.1 Å². The lowest BCUT2D eigenvalue weighted by molar-refractivity contribution is -0.134. The van der Waals surface area contributed by atoms with Gasteiger partial charge in [-0.25, -0.2) is 9.78 Å². The molecule has 2 aromatic rings. The minimum Gasteiger partial charge on any atom is -0.481 e. The number of hydrogen-bond donors (Lipinski definition) is 2. The summed E-state index contributed by atoms with van der Waals surface area (Å²) in [6, 6.07) is 9.04. The number of rotatable bonds is 11. The van der Waals surface area contributed by atoms with Crippen LogP contribution in [0.3, 0.4) is 0 Å². The zero-order valence-electron chi connectivity index (χ0n) is 21.5. The number of piperazine rings is 1. The number of carboxylic acid groups (broad SMARTS) is 1. The predicted octanol–water partition coefficient (Wildman–Crippen LogP) is 2.34. The molecule has 1 fully saturated rings. The zero-order chi connectivity index (χ0) is 27.7. The quantitative estimate of drug-likeness (QED) is 0.398. The molecule has 2 heterocycles. The maximum absolute atomic E-state index is 13.5. The van der Waals surface area contributed by atoms with Gasteiger partial charge in [-0.05, 0) is 13.8 Å². The summed E-state index contributed by atoms with van der Waals surface area (Å²) in [6.07, 6.45) is -1.49. The summed E-state index contributed by atoms with van der Waals surface area (Å²) >= 11 is 0. The van der Waals surface area contributed by atoms with Crippen LogP contribution in [0.1, 0.15) is 24.3 Å². The van der Waals surface area contributed by atoms with Crippen LogP contribution in [-0.4, -0.2) is 101 Å². The van der Waals surface area contributed by atoms with Gasteiger partial charge in [0.25, 0.3) is 5.91 Å². The van der Waals surface area contributed by atoms with Gasteiger partial charge in [-0.1, -0.05) is 30.3 Å². The van der Waals surface area contributed by atoms with Crippen molar-refractivity contribution in [1.29, 1.82) is 0 Å². The maximum atomic E-state index is 13.5. The van der Waals surface area contributed by atoms with E-state index in [1.807, 2.05) is 6.07 Å². The number of nitrogens with one attached hydrogen (secondary N) is 1. The summed E-state index contributed by atoms with van der Waals surface area (Å²) in [5.41, 5.74) is 0.591. The van der Waals surface area contributed by atoms with Crippen LogP contribution < -0.4 is 10.1 Å². The fourth-order valence-corrected chi connectivity index (χ4v) is 5.64. The molecule has 0 spiro atoms. The maximum Gasteiger partial charge on any atom is 0.407 e. The molecule has 1 aliphatic rings. The van der Waals surface area contributed by atoms with Crippen LogP contribution in [0.5, 0.6) is 5.88 Å². The molecule has 1 aromatic heterocycles. The number of carbonyl (C=O) groups is 3. The number of hydrogen-bond acceptors (Lipinski definition) is 9. The molecule has 1 atom stereocenters. The Morgan fingerprint density at radius 3 is 2.18 bits per heavy atom. The first-order chi connectivity index (χ1) is 18.2. The second-order valence-corrected chi connectivity index (χ2v) is 10.3. The highest BCUT2D eigenvalue weighted by molar-refractivity contribution is 7.54. The lowest BCUT2D eigenvalue weighted by Gasteiger charge is -2.35. The number of benzene rings is 1. The first-order valence-corrected chi connectivity index (χ1v) is 13.9. The van der Waals surface area contributed by atoms with Crippen LogP contribution in [0.4, 0.5) is 4.79 Å². The zero-order valence-corrected chi connectivity index (χ0v) is 22.4. The molecule has 14 heteroatoms. The van der Waals surface area contributed by atoms with Crippen LogP contribution in [-0.2, 0) is 18.4 Å². The highest BCUT2D eigenvalue weighted by Crippen LogP contribution is 2.48. The van der Waals surface area contributed by atoms with Crippen LogP contribution in [0.25, 0.3) is 11.4 Å². The standard InChI is InChI=1S/C24H32N5O8P/c1-4-36-38(34,37-5-2)16-19(23(31)28-11-13-29(14-12-28)24(32)33)26-22(30)18-15-20(35-3)27-21(25-18)17-9-7-6-8-10-17/h6-10,15,19H,4-5,11-14,16H2,1-3H3,(H,26,30)(H,32,33)/t19-/m0/s1. The summed E-state index contributed by atoms with van der Waals surface area (Å²) < 4.78 is 29.3. The average Bonchev–Trinajstić information content (AvgIpc) is 2.92. The van der Waals surface area contributed by atoms with Crippen molar-refractivity contribution in [1.82, 2.24) is 25.1 Å². The summed E-state index contributed by atoms with van der Waals surface area (Å²) in [6.45, 7) is 3.89. The smallest absolute Gasteiger partial charge is 0.407 e. The molecule has 3 rings (SSSR count). The number of methoxy groups -OCH3 is 1. The minimum absolute atomic E-state index is 0.0631. The molecular weight excluding hydrogens is 517 g/mol. The third kappa shape index (κ3) is 7.50. The molecule has 3 amide bonds. The SMILES string of the molecule is CCOP(=O)(C[C@H](NC(=O)c1cc(OC)nc(-c2ccccc2)n1)C(=O)N1CCN(C(=O)O)CC1)OCC. The van der Waals surface area contributed by atoms with Crippen LogP contribution >= 0.6 is 7.60 Å². The van der Waals surface area contributed by atoms with Gasteiger partial charge in [0.1, 0.15) is 11.7 Å². The van der Waals surface area contributed by atoms with Gasteiger partial charge < -0.3 is 34.0 Å². The fraction of sp³-hybridized carbons (Fsp3) is 0.458. The van der Waals surface area contributed by atoms with E-state index in [-0.39, 0.29) is 56.8 Å². The minimum atomic E-state index is -3.75. The predicted molar refractivity (Wildman–Crippen MR) is 137 cm³/mol. The number of amides is 3. The number of aromatic nitrogens is 2. The molecule has 0 aliphatic carbocycles. The Hall–Kier alpha value is -3.54. The first kappa shape index (κ1) is 29.0. The highest BCUT2D eigenvalue weighted by atomic mass is 31.2. The van der Waals surface area contributed by atoms with Gasteiger partial charge in [0.15, 0.2) is 5.82 Å². The number of ether oxygens (including phenoxy) is 1. The van der Waals surface area contributed by atoms with E-state index in [0.29, 0.717) is 5.56 Å². The largest absolute Gasteiger partial charge is 0.481 e. The van der Waals surface area contributed by atoms with E-state index < -0.39 is 37.7 Å². The van der Waals surface area contributed by atoms with E-state index in [1.165, 1.54) is 23.0 Å². The van der Waals surface area contributed by atoms with Gasteiger partial charge in [0, 0.05) is 37.8 Å². The molecule has 1 aliphatic heterocycles. The topological polar surface area (TPSA) is 160 Å². The van der Waals surface area contributed by atoms with Crippen LogP contribution in [0, 0.1) is 0 Å². The van der Waals surface area contributed by atoms with Crippen LogP contribution in [0.2, 0.25) is 0 Å². The Bertz CT molecular complexity index is 1160. The molecule has 1 aromatic carbocycles. The monoisotopic (exact) mass is 549 g/mol. The molecule has 38 heavy (non-hydrogen) atoms. The second-order valence-electron chi connectivity index (χ2n) is 8.24. The van der Waals surface area contributed by atoms with Crippen molar-refractivity contribution in [2.75, 3.05) is 52.7 Å². The van der Waals surface area contributed by atoms with Crippen molar-refractivity contribution in [3.63, 3.8) is 0 Å². The van der Waals surface area contributed by atoms with Gasteiger partial charge in [-0.2, -0.15) is 4.98 Å². The van der Waals surface area contributed by atoms with Gasteiger partial charge in [0.05, 0.1) is 26.5 Å². The van der Waals surface area contributed by atoms with E-state index >= 15 is 0 Å². The molecule has 13 nitrogen and oxygen atoms in total. The average molecular weight is 550 g/mol. The summed E-state index contributed by atoms with van der Waals surface area (Å²) in [5, 5.41) is 11.8. The van der Waals surface area contributed by atoms with Gasteiger partial charge in [-0.3, -0.25) is 14.2 Å². The van der Waals surface area contributed by atoms with Gasteiger partial charge in [0.2, 0.25) is 11.8 Å². The molecule has 1 saturated heterocycles. The summed E-state index contributed by atoms with van der Waals surface area (Å²) in [7, 11) is -2.35. The lowest BCUT2D eigenvalue weighted by Crippen LogP contribution is -2.56. The van der Waals surface area contributed by atoms with E-state index in [0.717, 1.165) is 0 Å². The summed E-state index contributed by atoms with van der Waals surface area (Å²) in [5.74, 6) is -0.861. The van der Waals surface area contributed by atoms with Crippen molar-refractivity contribution < 1.29 is 37.8 Å². The Morgan fingerprint density at radius 2 is 1.63 bits per heavy atom. The molecule has 0 bridgehead atoms. The van der Waals surface area contributed by atoms with Crippen molar-refractivity contribution in [2.24, 2.45) is 0 Å². The number of carbonyl (C=O) groups excluding carboxylic acids is 2. The third-order valence-corrected chi connectivity index (χ3v) is 7.82. The Morgan fingerprint density at radius 1 is 1.03 bits per heavy atom. The van der Waals surface area contributed by atoms with E-state index in [1.54, 1.807) is 38.1 Å². The van der Waals surface area contributed by atoms with E-state index in [2.05, 4.69) is 15.3 Å². The Labute approximate surface area is 220 Å². The molecule has 0 radical (unpaired) electrons. The van der Waals surface area contributed by atoms with E-state index in [4.69, 9.17) is 13.8 Å². The third-order valence-electron chi connectivity index (χ3n) is 5.70. The molecule has 2 N–H and O–H groups in total. The normalized spacial score (nSPS) is 14.6. The van der Waals surface area contributed by atoms with Crippen molar-refractivity contribution in [2.45, 2.75) is 19.9 Å². The first-order valence-electron chi connectivity index (χ1n) is 12.1. The lowest BCUT2D eigenvalue weighted by atomic mass is 10.2. The summed E-state index contributed by atoms with van der Waals surface area (Å²) in [4.78, 5) is 49.4. The second kappa shape index (κ2) is 13.3. The molecule has 0 saturated carbocycles. The highest BCUT2D eigenvalue weighted by Gasteiger charge is 2.37. The van der Waals surface area contributed by atoms with Crippen molar-refractivity contribution in [3.8, 4) is 17.3 Å². The molecule has 0 unspecified atom stereocenters. The molecule has 206 valence electrons. The van der Waals surface area contributed by atoms with Crippen LogP contribution in [0.15, 0.2) is 36.4 Å². The van der Waals surface area contributed by atoms with E-state index in [9.17, 15) is 24.1 Å². The van der Waals surface area contributed by atoms with Crippen molar-refractivity contribution >= 4 is 25.5 Å².